The Hall–Kier alpha value is -2.12. The number of carbonyl (C=O) groups is 2. The lowest BCUT2D eigenvalue weighted by Gasteiger charge is -2.28. The number of nitrogens with one attached hydrogen (secondary N) is 2. The van der Waals surface area contributed by atoms with Crippen LogP contribution in [0.4, 0.5) is 10.7 Å². The minimum atomic E-state index is -0.454. The van der Waals surface area contributed by atoms with Gasteiger partial charge in [0.1, 0.15) is 6.04 Å². The summed E-state index contributed by atoms with van der Waals surface area (Å²) in [7, 11) is 0. The molecule has 2 fully saturated rings. The number of pyridine rings is 1. The van der Waals surface area contributed by atoms with Crippen LogP contribution in [0.25, 0.3) is 0 Å². The molecule has 0 radical (unpaired) electrons. The molecule has 0 aromatic carbocycles. The number of halogens is 1. The molecular weight excluding hydrogens is 456 g/mol. The average molecular weight is 489 g/mol. The molecule has 2 aliphatic rings. The van der Waals surface area contributed by atoms with Gasteiger partial charge in [-0.2, -0.15) is 0 Å². The third kappa shape index (κ3) is 6.07. The van der Waals surface area contributed by atoms with Crippen molar-refractivity contribution in [3.8, 4) is 0 Å². The van der Waals surface area contributed by atoms with Crippen LogP contribution < -0.4 is 15.5 Å². The molecule has 8 heteroatoms. The van der Waals surface area contributed by atoms with Crippen LogP contribution in [0.1, 0.15) is 74.9 Å². The zero-order valence-corrected chi connectivity index (χ0v) is 20.9. The molecule has 4 rings (SSSR count). The minimum Gasteiger partial charge on any atom is -0.376 e. The lowest BCUT2D eigenvalue weighted by atomic mass is 9.97. The first-order valence-electron chi connectivity index (χ1n) is 12.0. The zero-order chi connectivity index (χ0) is 23.4. The average Bonchev–Trinajstić information content (AvgIpc) is 3.25. The molecule has 33 heavy (non-hydrogen) atoms. The number of hydrogen-bond donors (Lipinski definition) is 2. The third-order valence-corrected chi connectivity index (χ3v) is 8.13. The topological polar surface area (TPSA) is 74.3 Å². The number of anilines is 2. The standard InChI is InChI=1S/C25H33ClN4O2S/c1-3-20(29-21-13-18(26)14-27-16(21)2)23-10-11-24(33-23)30(15-31)22(12-17-6-4-5-7-17)25(32)28-19-8-9-19/h10-11,13-15,17,19-20,22,29H,3-9,12H2,1-2H3,(H,28,32)/t20-,22-/m0/s1. The summed E-state index contributed by atoms with van der Waals surface area (Å²) in [5, 5.41) is 8.08. The van der Waals surface area contributed by atoms with Crippen LogP contribution in [0.3, 0.4) is 0 Å². The van der Waals surface area contributed by atoms with Gasteiger partial charge >= 0.3 is 0 Å². The molecule has 2 aromatic rings. The molecular formula is C25H33ClN4O2S. The Kier molecular flexibility index (Phi) is 7.91. The smallest absolute Gasteiger partial charge is 0.243 e. The fourth-order valence-corrected chi connectivity index (χ4v) is 5.91. The molecule has 0 unspecified atom stereocenters. The molecule has 2 aromatic heterocycles. The maximum absolute atomic E-state index is 13.1. The highest BCUT2D eigenvalue weighted by atomic mass is 35.5. The number of hydrogen-bond acceptors (Lipinski definition) is 5. The van der Waals surface area contributed by atoms with E-state index in [1.54, 1.807) is 22.4 Å². The number of rotatable bonds is 11. The lowest BCUT2D eigenvalue weighted by Crippen LogP contribution is -2.48. The second-order valence-corrected chi connectivity index (χ2v) is 10.8. The Morgan fingerprint density at radius 2 is 2.06 bits per heavy atom. The molecule has 2 atom stereocenters. The van der Waals surface area contributed by atoms with Crippen molar-refractivity contribution in [3.63, 3.8) is 0 Å². The summed E-state index contributed by atoms with van der Waals surface area (Å²) in [6.45, 7) is 4.07. The van der Waals surface area contributed by atoms with Gasteiger partial charge in [0.15, 0.2) is 0 Å². The number of carbonyl (C=O) groups excluding carboxylic acids is 2. The Morgan fingerprint density at radius 1 is 1.30 bits per heavy atom. The van der Waals surface area contributed by atoms with Gasteiger partial charge in [0.2, 0.25) is 12.3 Å². The fraction of sp³-hybridized carbons (Fsp3) is 0.560. The molecule has 0 bridgehead atoms. The van der Waals surface area contributed by atoms with E-state index in [0.717, 1.165) is 66.2 Å². The van der Waals surface area contributed by atoms with Crippen LogP contribution in [0.5, 0.6) is 0 Å². The molecule has 6 nitrogen and oxygen atoms in total. The van der Waals surface area contributed by atoms with Crippen LogP contribution in [-0.4, -0.2) is 29.4 Å². The highest BCUT2D eigenvalue weighted by Gasteiger charge is 2.34. The van der Waals surface area contributed by atoms with Crippen molar-refractivity contribution in [2.75, 3.05) is 10.2 Å². The largest absolute Gasteiger partial charge is 0.376 e. The number of thiophene rings is 1. The van der Waals surface area contributed by atoms with Crippen LogP contribution in [0.2, 0.25) is 5.02 Å². The van der Waals surface area contributed by atoms with E-state index in [2.05, 4.69) is 28.6 Å². The quantitative estimate of drug-likeness (QED) is 0.388. The number of amides is 2. The molecule has 178 valence electrons. The fourth-order valence-electron chi connectivity index (χ4n) is 4.60. The van der Waals surface area contributed by atoms with Gasteiger partial charge in [-0.1, -0.05) is 44.2 Å². The Balaban J connectivity index is 1.53. The molecule has 0 aliphatic heterocycles. The van der Waals surface area contributed by atoms with Gasteiger partial charge < -0.3 is 10.6 Å². The molecule has 2 amide bonds. The summed E-state index contributed by atoms with van der Waals surface area (Å²) in [6.07, 6.45) is 10.9. The van der Waals surface area contributed by atoms with Crippen molar-refractivity contribution in [2.24, 2.45) is 5.92 Å². The second-order valence-electron chi connectivity index (χ2n) is 9.27. The molecule has 2 heterocycles. The molecule has 0 spiro atoms. The summed E-state index contributed by atoms with van der Waals surface area (Å²) >= 11 is 7.71. The summed E-state index contributed by atoms with van der Waals surface area (Å²) in [5.41, 5.74) is 1.79. The third-order valence-electron chi connectivity index (χ3n) is 6.71. The van der Waals surface area contributed by atoms with Gasteiger partial charge in [0, 0.05) is 17.1 Å². The van der Waals surface area contributed by atoms with Gasteiger partial charge in [-0.3, -0.25) is 19.5 Å². The van der Waals surface area contributed by atoms with E-state index < -0.39 is 6.04 Å². The normalized spacial score (nSPS) is 18.0. The van der Waals surface area contributed by atoms with E-state index in [0.29, 0.717) is 10.9 Å². The first-order chi connectivity index (χ1) is 16.0. The highest BCUT2D eigenvalue weighted by Crippen LogP contribution is 2.37. The zero-order valence-electron chi connectivity index (χ0n) is 19.4. The minimum absolute atomic E-state index is 0.0164. The van der Waals surface area contributed by atoms with E-state index in [9.17, 15) is 9.59 Å². The van der Waals surface area contributed by atoms with Crippen molar-refractivity contribution in [3.05, 3.63) is 40.0 Å². The second kappa shape index (κ2) is 10.9. The van der Waals surface area contributed by atoms with Crippen LogP contribution in [0, 0.1) is 12.8 Å². The Morgan fingerprint density at radius 3 is 2.73 bits per heavy atom. The number of nitrogens with zero attached hydrogens (tertiary/aromatic N) is 2. The predicted molar refractivity (Wildman–Crippen MR) is 135 cm³/mol. The van der Waals surface area contributed by atoms with Crippen LogP contribution in [0.15, 0.2) is 24.4 Å². The molecule has 2 saturated carbocycles. The number of aromatic nitrogens is 1. The highest BCUT2D eigenvalue weighted by molar-refractivity contribution is 7.16. The lowest BCUT2D eigenvalue weighted by molar-refractivity contribution is -0.124. The van der Waals surface area contributed by atoms with E-state index in [4.69, 9.17) is 11.6 Å². The van der Waals surface area contributed by atoms with Crippen molar-refractivity contribution in [1.82, 2.24) is 10.3 Å². The summed E-state index contributed by atoms with van der Waals surface area (Å²) in [5.74, 6) is 0.488. The van der Waals surface area contributed by atoms with Gasteiger partial charge in [0.25, 0.3) is 0 Å². The van der Waals surface area contributed by atoms with E-state index in [-0.39, 0.29) is 18.0 Å². The molecule has 2 aliphatic carbocycles. The summed E-state index contributed by atoms with van der Waals surface area (Å²) in [4.78, 5) is 32.5. The summed E-state index contributed by atoms with van der Waals surface area (Å²) < 4.78 is 0. The SMILES string of the molecule is CC[C@H](Nc1cc(Cl)cnc1C)c1ccc(N(C=O)[C@@H](CC2CCCC2)C(=O)NC2CC2)s1. The van der Waals surface area contributed by atoms with Gasteiger partial charge in [-0.05, 0) is 56.7 Å². The predicted octanol–water partition coefficient (Wildman–Crippen LogP) is 5.86. The molecule has 2 N–H and O–H groups in total. The Labute approximate surface area is 205 Å². The van der Waals surface area contributed by atoms with Crippen molar-refractivity contribution >= 4 is 45.9 Å². The van der Waals surface area contributed by atoms with E-state index in [1.807, 2.05) is 19.1 Å². The van der Waals surface area contributed by atoms with Crippen LogP contribution in [-0.2, 0) is 9.59 Å². The van der Waals surface area contributed by atoms with Crippen molar-refractivity contribution in [1.29, 1.82) is 0 Å². The van der Waals surface area contributed by atoms with Crippen molar-refractivity contribution in [2.45, 2.75) is 83.3 Å². The van der Waals surface area contributed by atoms with E-state index in [1.165, 1.54) is 12.8 Å². The Bertz CT molecular complexity index is 971. The van der Waals surface area contributed by atoms with Gasteiger partial charge in [-0.15, -0.1) is 11.3 Å². The maximum Gasteiger partial charge on any atom is 0.243 e. The monoisotopic (exact) mass is 488 g/mol. The van der Waals surface area contributed by atoms with Gasteiger partial charge in [0.05, 0.1) is 27.4 Å². The first-order valence-corrected chi connectivity index (χ1v) is 13.2. The van der Waals surface area contributed by atoms with Crippen LogP contribution >= 0.6 is 22.9 Å². The van der Waals surface area contributed by atoms with E-state index >= 15 is 0 Å². The first kappa shape index (κ1) is 24.0. The maximum atomic E-state index is 13.1. The van der Waals surface area contributed by atoms with Gasteiger partial charge in [-0.25, -0.2) is 0 Å². The molecule has 0 saturated heterocycles. The summed E-state index contributed by atoms with van der Waals surface area (Å²) in [6, 6.07) is 5.79. The number of aryl methyl sites for hydroxylation is 1. The van der Waals surface area contributed by atoms with Crippen molar-refractivity contribution < 1.29 is 9.59 Å².